The number of fused-ring (bicyclic) bond motifs is 3. The summed E-state index contributed by atoms with van der Waals surface area (Å²) in [4.78, 5) is 80.2. The number of allylic oxidation sites excluding steroid dienone is 1. The van der Waals surface area contributed by atoms with Crippen LogP contribution in [-0.2, 0) is 28.6 Å². The van der Waals surface area contributed by atoms with Crippen molar-refractivity contribution in [1.29, 1.82) is 5.26 Å². The van der Waals surface area contributed by atoms with Crippen molar-refractivity contribution in [3.63, 3.8) is 0 Å². The first-order chi connectivity index (χ1) is 44.5. The third-order valence-electron chi connectivity index (χ3n) is 15.6. The van der Waals surface area contributed by atoms with Gasteiger partial charge in [-0.05, 0) is 154 Å². The summed E-state index contributed by atoms with van der Waals surface area (Å²) in [7, 11) is 1.36. The molecule has 3 aromatic carbocycles. The van der Waals surface area contributed by atoms with Crippen molar-refractivity contribution in [2.24, 2.45) is 5.92 Å². The van der Waals surface area contributed by atoms with Crippen molar-refractivity contribution in [1.82, 2.24) is 35.3 Å². The maximum atomic E-state index is 16.6. The molecule has 0 aliphatic carbocycles. The third-order valence-corrected chi connectivity index (χ3v) is 17.0. The van der Waals surface area contributed by atoms with Gasteiger partial charge in [0.1, 0.15) is 57.1 Å². The number of benzene rings is 3. The SMILES string of the molecule is C=C/C(F)=c1/sc(NC(=O)OC(C)(C)C)c(C#N)/c1=C\c1c(Cl)cc2c(N3CC4CCC(C3)N4C(=O)OC(C)(C)C)nc(OC)nc2c1F.CC(C)C.C[C@H](NC(=O)[C@@H]1CCCN1C(=O)CNC(=O)CCOCCCN1CCCC1)c1ccc(-c2c(F)cccc2F)cc1. The molecule has 94 heavy (non-hydrogen) atoms. The normalized spacial score (nSPS) is 17.9. The first kappa shape index (κ1) is 73.6. The molecule has 0 radical (unpaired) electrons. The maximum absolute atomic E-state index is 16.6. The van der Waals surface area contributed by atoms with Crippen LogP contribution in [0.25, 0.3) is 33.9 Å². The van der Waals surface area contributed by atoms with E-state index in [-0.39, 0.29) is 103 Å². The van der Waals surface area contributed by atoms with E-state index in [2.05, 4.69) is 58.2 Å². The highest BCUT2D eigenvalue weighted by molar-refractivity contribution is 7.14. The number of rotatable bonds is 18. The van der Waals surface area contributed by atoms with Gasteiger partial charge in [0.05, 0.1) is 59.1 Å². The predicted octanol–water partition coefficient (Wildman–Crippen LogP) is 11.9. The fourth-order valence-corrected chi connectivity index (χ4v) is 12.7. The molecule has 3 N–H and O–H groups in total. The molecule has 4 fully saturated rings. The highest BCUT2D eigenvalue weighted by Gasteiger charge is 2.45. The van der Waals surface area contributed by atoms with Crippen molar-refractivity contribution in [3.05, 3.63) is 110 Å². The minimum Gasteiger partial charge on any atom is -0.467 e. The third kappa shape index (κ3) is 19.6. The molecule has 2 unspecified atom stereocenters. The summed E-state index contributed by atoms with van der Waals surface area (Å²) in [6.07, 6.45) is 7.36. The molecule has 508 valence electrons. The Morgan fingerprint density at radius 1 is 0.883 bits per heavy atom. The van der Waals surface area contributed by atoms with Crippen LogP contribution in [0.15, 0.2) is 61.2 Å². The van der Waals surface area contributed by atoms with Gasteiger partial charge in [-0.2, -0.15) is 15.2 Å². The number of thiophene rings is 1. The van der Waals surface area contributed by atoms with Crippen molar-refractivity contribution >= 4 is 86.5 Å². The lowest BCUT2D eigenvalue weighted by Gasteiger charge is -2.42. The average molecular weight is 1340 g/mol. The van der Waals surface area contributed by atoms with Gasteiger partial charge in [-0.1, -0.05) is 69.3 Å². The van der Waals surface area contributed by atoms with Crippen LogP contribution in [0.5, 0.6) is 6.01 Å². The summed E-state index contributed by atoms with van der Waals surface area (Å²) in [5.74, 6) is -2.57. The van der Waals surface area contributed by atoms with E-state index in [1.165, 1.54) is 55.2 Å². The fraction of sp³-hybridized carbons (Fsp3) is 0.507. The van der Waals surface area contributed by atoms with Gasteiger partial charge >= 0.3 is 18.2 Å². The van der Waals surface area contributed by atoms with E-state index in [9.17, 15) is 38.0 Å². The second kappa shape index (κ2) is 33.0. The van der Waals surface area contributed by atoms with Crippen LogP contribution >= 0.6 is 22.9 Å². The Morgan fingerprint density at radius 3 is 2.12 bits per heavy atom. The van der Waals surface area contributed by atoms with Gasteiger partial charge in [0.25, 0.3) is 0 Å². The standard InChI is InChI=1S/C34H37ClF2N6O5S.C31H40F2N4O4.C4H10/c1-9-24(36)27-19(22(14-38)29(49-27)41-31(44)47-33(2,3)4)12-20-23(35)13-21-26(25(20)37)39-30(46-8)40-28(21)42-15-17-10-11-18(16-42)43(17)32(45)48-34(5,6)7;1-22(23-10-12-24(13-11-23)30-25(32)7-4-8-26(30)33)35-31(40)27-9-5-18-37(27)29(39)21-34-28(38)14-20-41-19-6-17-36-15-2-3-16-36;1-4(2)3/h9,12-13,17-18H,1,10-11,15-16H2,2-8H3,(H,41,44);4,7-8,10-13,22,27H,2-3,5-6,9,14-21H2,1H3,(H,34,38)(H,35,40);4H,1-3H3/b19-12+,27-24-;;/t;22-,27-;/m.0./s1. The molecule has 2 aromatic heterocycles. The molecular weight excluding hydrogens is 1260 g/mol. The van der Waals surface area contributed by atoms with E-state index >= 15 is 8.78 Å². The Bertz CT molecular complexity index is 3680. The molecule has 19 nitrogen and oxygen atoms in total. The number of piperazine rings is 1. The van der Waals surface area contributed by atoms with Gasteiger partial charge in [-0.15, -0.1) is 11.3 Å². The minimum atomic E-state index is -0.860. The maximum Gasteiger partial charge on any atom is 0.412 e. The van der Waals surface area contributed by atoms with Crippen molar-refractivity contribution in [2.45, 2.75) is 156 Å². The zero-order chi connectivity index (χ0) is 68.8. The van der Waals surface area contributed by atoms with E-state index in [0.717, 1.165) is 67.8 Å². The highest BCUT2D eigenvalue weighted by atomic mass is 35.5. The Balaban J connectivity index is 0.000000255. The van der Waals surface area contributed by atoms with Gasteiger partial charge in [0.15, 0.2) is 5.82 Å². The average Bonchev–Trinajstić information content (AvgIpc) is 1.38. The number of carbonyl (C=O) groups excluding carboxylic acids is 5. The van der Waals surface area contributed by atoms with E-state index in [1.54, 1.807) is 49.9 Å². The Kier molecular flexibility index (Phi) is 25.8. The van der Waals surface area contributed by atoms with Gasteiger partial charge in [-0.25, -0.2) is 27.2 Å². The molecule has 4 saturated heterocycles. The molecule has 4 aliphatic heterocycles. The van der Waals surface area contributed by atoms with Crippen LogP contribution in [0.2, 0.25) is 5.02 Å². The molecule has 5 amide bonds. The van der Waals surface area contributed by atoms with Crippen molar-refractivity contribution in [2.75, 3.05) is 76.4 Å². The summed E-state index contributed by atoms with van der Waals surface area (Å²) in [6, 6.07) is 12.5. The van der Waals surface area contributed by atoms with Crippen molar-refractivity contribution in [3.8, 4) is 23.2 Å². The molecule has 25 heteroatoms. The molecular formula is C69H87ClF4N10O9S. The van der Waals surface area contributed by atoms with Crippen LogP contribution in [0.3, 0.4) is 0 Å². The van der Waals surface area contributed by atoms with E-state index in [1.807, 2.05) is 38.7 Å². The monoisotopic (exact) mass is 1340 g/mol. The first-order valence-corrected chi connectivity index (χ1v) is 33.0. The molecule has 0 spiro atoms. The zero-order valence-electron chi connectivity index (χ0n) is 55.5. The number of nitrogens with zero attached hydrogens (tertiary/aromatic N) is 7. The smallest absolute Gasteiger partial charge is 0.412 e. The number of carbonyl (C=O) groups is 5. The minimum absolute atomic E-state index is 0.00115. The lowest BCUT2D eigenvalue weighted by molar-refractivity contribution is -0.139. The molecule has 0 saturated carbocycles. The number of ether oxygens (including phenoxy) is 4. The number of aromatic nitrogens is 2. The summed E-state index contributed by atoms with van der Waals surface area (Å²) in [5.41, 5.74) is -0.819. The van der Waals surface area contributed by atoms with Gasteiger partial charge in [0, 0.05) is 55.4 Å². The number of halogens is 5. The largest absolute Gasteiger partial charge is 0.467 e. The van der Waals surface area contributed by atoms with Crippen LogP contribution in [0.4, 0.5) is 38.0 Å². The summed E-state index contributed by atoms with van der Waals surface area (Å²) < 4.78 is 81.8. The zero-order valence-corrected chi connectivity index (χ0v) is 57.1. The molecule has 9 rings (SSSR count). The fourth-order valence-electron chi connectivity index (χ4n) is 11.4. The lowest BCUT2D eigenvalue weighted by Crippen LogP contribution is -2.57. The lowest BCUT2D eigenvalue weighted by atomic mass is 10.0. The molecule has 6 heterocycles. The van der Waals surface area contributed by atoms with Crippen LogP contribution in [-0.4, -0.2) is 150 Å². The van der Waals surface area contributed by atoms with Crippen LogP contribution in [0, 0.1) is 34.7 Å². The number of nitriles is 1. The summed E-state index contributed by atoms with van der Waals surface area (Å²) in [6.45, 7) is 27.6. The molecule has 4 atom stereocenters. The quantitative estimate of drug-likeness (QED) is 0.0549. The topological polar surface area (TPSA) is 221 Å². The van der Waals surface area contributed by atoms with Crippen molar-refractivity contribution < 1.29 is 60.5 Å². The Morgan fingerprint density at radius 2 is 1.52 bits per heavy atom. The molecule has 4 aliphatic rings. The number of hydrogen-bond donors (Lipinski definition) is 3. The van der Waals surface area contributed by atoms with Gasteiger partial charge in [0.2, 0.25) is 17.7 Å². The van der Waals surface area contributed by atoms with Crippen LogP contribution < -0.4 is 35.3 Å². The number of hydrogen-bond acceptors (Lipinski definition) is 15. The number of anilines is 2. The molecule has 2 bridgehead atoms. The Hall–Kier alpha value is -7.85. The Labute approximate surface area is 556 Å². The second-order valence-corrected chi connectivity index (χ2v) is 27.6. The van der Waals surface area contributed by atoms with Gasteiger partial charge in [-0.3, -0.25) is 24.6 Å². The first-order valence-electron chi connectivity index (χ1n) is 31.8. The van der Waals surface area contributed by atoms with Gasteiger partial charge < -0.3 is 44.3 Å². The highest BCUT2D eigenvalue weighted by Crippen LogP contribution is 2.39. The summed E-state index contributed by atoms with van der Waals surface area (Å²) >= 11 is 7.50. The predicted molar refractivity (Wildman–Crippen MR) is 357 cm³/mol. The number of likely N-dealkylation sites (tertiary alicyclic amines) is 2. The number of methoxy groups -OCH3 is 1. The number of amides is 5. The summed E-state index contributed by atoms with van der Waals surface area (Å²) in [5, 5.41) is 18.4. The van der Waals surface area contributed by atoms with E-state index in [0.29, 0.717) is 62.5 Å². The van der Waals surface area contributed by atoms with E-state index in [4.69, 9.17) is 30.5 Å². The molecule has 5 aromatic rings. The van der Waals surface area contributed by atoms with Crippen LogP contribution in [0.1, 0.15) is 143 Å². The number of nitrogens with one attached hydrogen (secondary N) is 3. The van der Waals surface area contributed by atoms with E-state index < -0.39 is 46.6 Å². The second-order valence-electron chi connectivity index (χ2n) is 26.1.